The molecule has 6 heteroatoms. The molecule has 1 N–H and O–H groups in total. The van der Waals surface area contributed by atoms with Crippen molar-refractivity contribution in [3.8, 4) is 11.5 Å². The Hall–Kier alpha value is -2.50. The third kappa shape index (κ3) is 6.01. The van der Waals surface area contributed by atoms with Crippen LogP contribution in [-0.2, 0) is 4.79 Å². The fourth-order valence-electron chi connectivity index (χ4n) is 2.71. The van der Waals surface area contributed by atoms with E-state index in [1.807, 2.05) is 49.3 Å². The highest BCUT2D eigenvalue weighted by atomic mass is 35.5. The molecule has 0 saturated heterocycles. The van der Waals surface area contributed by atoms with Crippen molar-refractivity contribution in [3.63, 3.8) is 0 Å². The average Bonchev–Trinajstić information content (AvgIpc) is 2.65. The Bertz CT molecular complexity index is 792. The van der Waals surface area contributed by atoms with E-state index in [4.69, 9.17) is 21.1 Å². The van der Waals surface area contributed by atoms with Gasteiger partial charge in [0.1, 0.15) is 0 Å². The molecule has 0 saturated carbocycles. The number of carbonyl (C=O) groups is 1. The standard InChI is InChI=1S/C21H25ClN2O3/c1-24(2)14-18(16-8-6-5-7-9-16)23-20(25)11-10-15-12-17(22)21(27-4)19(13-15)26-3/h5-13,18H,14H2,1-4H3,(H,23,25)/b11-10+/t18-/m0/s1. The van der Waals surface area contributed by atoms with Gasteiger partial charge in [-0.15, -0.1) is 0 Å². The lowest BCUT2D eigenvalue weighted by Crippen LogP contribution is -2.34. The number of methoxy groups -OCH3 is 2. The minimum Gasteiger partial charge on any atom is -0.493 e. The van der Waals surface area contributed by atoms with E-state index in [0.29, 0.717) is 23.1 Å². The van der Waals surface area contributed by atoms with Gasteiger partial charge in [0, 0.05) is 12.6 Å². The Morgan fingerprint density at radius 1 is 1.19 bits per heavy atom. The van der Waals surface area contributed by atoms with Gasteiger partial charge in [0.05, 0.1) is 25.3 Å². The fraction of sp³-hybridized carbons (Fsp3) is 0.286. The van der Waals surface area contributed by atoms with Crippen LogP contribution in [-0.4, -0.2) is 45.7 Å². The predicted octanol–water partition coefficient (Wildman–Crippen LogP) is 3.79. The van der Waals surface area contributed by atoms with E-state index >= 15 is 0 Å². The van der Waals surface area contributed by atoms with Gasteiger partial charge in [-0.1, -0.05) is 41.9 Å². The molecule has 27 heavy (non-hydrogen) atoms. The molecule has 0 fully saturated rings. The number of benzene rings is 2. The zero-order valence-electron chi connectivity index (χ0n) is 16.0. The number of rotatable bonds is 8. The summed E-state index contributed by atoms with van der Waals surface area (Å²) in [6, 6.07) is 13.3. The summed E-state index contributed by atoms with van der Waals surface area (Å²) in [5.41, 5.74) is 1.80. The molecule has 144 valence electrons. The first-order chi connectivity index (χ1) is 12.9. The fourth-order valence-corrected chi connectivity index (χ4v) is 3.01. The van der Waals surface area contributed by atoms with E-state index < -0.39 is 0 Å². The maximum Gasteiger partial charge on any atom is 0.244 e. The minimum atomic E-state index is -0.184. The van der Waals surface area contributed by atoms with Crippen molar-refractivity contribution in [3.05, 3.63) is 64.7 Å². The van der Waals surface area contributed by atoms with Gasteiger partial charge in [0.2, 0.25) is 5.91 Å². The lowest BCUT2D eigenvalue weighted by Gasteiger charge is -2.22. The summed E-state index contributed by atoms with van der Waals surface area (Å²) in [7, 11) is 7.02. The van der Waals surface area contributed by atoms with E-state index in [2.05, 4.69) is 5.32 Å². The molecule has 1 amide bonds. The minimum absolute atomic E-state index is 0.104. The van der Waals surface area contributed by atoms with Gasteiger partial charge < -0.3 is 19.7 Å². The Morgan fingerprint density at radius 3 is 2.48 bits per heavy atom. The number of amides is 1. The maximum atomic E-state index is 12.4. The second-order valence-electron chi connectivity index (χ2n) is 6.31. The number of likely N-dealkylation sites (N-methyl/N-ethyl adjacent to an activating group) is 1. The highest BCUT2D eigenvalue weighted by molar-refractivity contribution is 6.32. The van der Waals surface area contributed by atoms with Crippen LogP contribution in [0.25, 0.3) is 6.08 Å². The van der Waals surface area contributed by atoms with Gasteiger partial charge in [-0.25, -0.2) is 0 Å². The van der Waals surface area contributed by atoms with Crippen LogP contribution in [0.5, 0.6) is 11.5 Å². The molecule has 0 aromatic heterocycles. The van der Waals surface area contributed by atoms with Crippen LogP contribution in [0.4, 0.5) is 0 Å². The molecule has 1 atom stereocenters. The molecule has 0 unspecified atom stereocenters. The van der Waals surface area contributed by atoms with Crippen LogP contribution < -0.4 is 14.8 Å². The third-order valence-corrected chi connectivity index (χ3v) is 4.23. The van der Waals surface area contributed by atoms with Crippen molar-refractivity contribution in [2.75, 3.05) is 34.9 Å². The first-order valence-electron chi connectivity index (χ1n) is 8.54. The molecule has 2 aromatic rings. The smallest absolute Gasteiger partial charge is 0.244 e. The molecule has 5 nitrogen and oxygen atoms in total. The second-order valence-corrected chi connectivity index (χ2v) is 6.71. The van der Waals surface area contributed by atoms with Crippen LogP contribution >= 0.6 is 11.6 Å². The first-order valence-corrected chi connectivity index (χ1v) is 8.92. The van der Waals surface area contributed by atoms with Crippen LogP contribution in [0.1, 0.15) is 17.2 Å². The summed E-state index contributed by atoms with van der Waals surface area (Å²) < 4.78 is 10.5. The van der Waals surface area contributed by atoms with Crippen LogP contribution in [0.15, 0.2) is 48.5 Å². The summed E-state index contributed by atoms with van der Waals surface area (Å²) in [4.78, 5) is 14.5. The molecular weight excluding hydrogens is 364 g/mol. The maximum absolute atomic E-state index is 12.4. The summed E-state index contributed by atoms with van der Waals surface area (Å²) in [6.45, 7) is 0.700. The van der Waals surface area contributed by atoms with Crippen molar-refractivity contribution < 1.29 is 14.3 Å². The number of hydrogen-bond donors (Lipinski definition) is 1. The molecule has 0 heterocycles. The van der Waals surface area contributed by atoms with Gasteiger partial charge in [0.15, 0.2) is 11.5 Å². The molecule has 0 spiro atoms. The number of ether oxygens (including phenoxy) is 2. The van der Waals surface area contributed by atoms with Crippen LogP contribution in [0, 0.1) is 0 Å². The van der Waals surface area contributed by atoms with Gasteiger partial charge >= 0.3 is 0 Å². The normalized spacial score (nSPS) is 12.2. The first kappa shape index (κ1) is 20.8. The van der Waals surface area contributed by atoms with Gasteiger partial charge in [-0.05, 0) is 43.4 Å². The number of hydrogen-bond acceptors (Lipinski definition) is 4. The van der Waals surface area contributed by atoms with Gasteiger partial charge in [0.25, 0.3) is 0 Å². The largest absolute Gasteiger partial charge is 0.493 e. The monoisotopic (exact) mass is 388 g/mol. The highest BCUT2D eigenvalue weighted by Crippen LogP contribution is 2.36. The molecule has 2 rings (SSSR count). The number of nitrogens with zero attached hydrogens (tertiary/aromatic N) is 1. The van der Waals surface area contributed by atoms with Crippen LogP contribution in [0.2, 0.25) is 5.02 Å². The zero-order chi connectivity index (χ0) is 19.8. The second kappa shape index (κ2) is 10.00. The van der Waals surface area contributed by atoms with E-state index in [9.17, 15) is 4.79 Å². The van der Waals surface area contributed by atoms with Crippen molar-refractivity contribution in [1.82, 2.24) is 10.2 Å². The Kier molecular flexibility index (Phi) is 7.70. The molecule has 0 aliphatic rings. The molecule has 0 aliphatic carbocycles. The lowest BCUT2D eigenvalue weighted by atomic mass is 10.1. The van der Waals surface area contributed by atoms with Crippen molar-refractivity contribution in [1.29, 1.82) is 0 Å². The van der Waals surface area contributed by atoms with Crippen molar-refractivity contribution in [2.24, 2.45) is 0 Å². The van der Waals surface area contributed by atoms with E-state index in [0.717, 1.165) is 11.1 Å². The van der Waals surface area contributed by atoms with Gasteiger partial charge in [-0.2, -0.15) is 0 Å². The number of carbonyl (C=O) groups excluding carboxylic acids is 1. The van der Waals surface area contributed by atoms with Crippen LogP contribution in [0.3, 0.4) is 0 Å². The van der Waals surface area contributed by atoms with Crippen molar-refractivity contribution >= 4 is 23.6 Å². The molecule has 0 radical (unpaired) electrons. The third-order valence-electron chi connectivity index (χ3n) is 3.95. The molecule has 0 bridgehead atoms. The van der Waals surface area contributed by atoms with E-state index in [1.54, 1.807) is 25.3 Å². The van der Waals surface area contributed by atoms with Gasteiger partial charge in [-0.3, -0.25) is 4.79 Å². The lowest BCUT2D eigenvalue weighted by molar-refractivity contribution is -0.117. The molecular formula is C21H25ClN2O3. The SMILES string of the molecule is COc1cc(/C=C/C(=O)N[C@@H](CN(C)C)c2ccccc2)cc(Cl)c1OC. The van der Waals surface area contributed by atoms with E-state index in [1.165, 1.54) is 13.2 Å². The van der Waals surface area contributed by atoms with E-state index in [-0.39, 0.29) is 11.9 Å². The number of nitrogens with one attached hydrogen (secondary N) is 1. The predicted molar refractivity (Wildman–Crippen MR) is 109 cm³/mol. The Morgan fingerprint density at radius 2 is 1.89 bits per heavy atom. The highest BCUT2D eigenvalue weighted by Gasteiger charge is 2.14. The molecule has 0 aliphatic heterocycles. The Labute approximate surface area is 165 Å². The average molecular weight is 389 g/mol. The summed E-state index contributed by atoms with van der Waals surface area (Å²) in [5, 5.41) is 3.47. The summed E-state index contributed by atoms with van der Waals surface area (Å²) >= 11 is 6.21. The topological polar surface area (TPSA) is 50.8 Å². The summed E-state index contributed by atoms with van der Waals surface area (Å²) in [6.07, 6.45) is 3.18. The Balaban J connectivity index is 2.14. The molecule has 2 aromatic carbocycles. The quantitative estimate of drug-likeness (QED) is 0.699. The van der Waals surface area contributed by atoms with Crippen molar-refractivity contribution in [2.45, 2.75) is 6.04 Å². The zero-order valence-corrected chi connectivity index (χ0v) is 16.8. The summed E-state index contributed by atoms with van der Waals surface area (Å²) in [5.74, 6) is 0.798. The number of halogens is 1.